The molecule has 1 N–H and O–H groups in total. The molecule has 2 aromatic rings. The van der Waals surface area contributed by atoms with Gasteiger partial charge >= 0.3 is 0 Å². The Bertz CT molecular complexity index is 638. The molecule has 9 heteroatoms. The Hall–Kier alpha value is -1.29. The Kier molecular flexibility index (Phi) is 7.14. The molecule has 2 aromatic heterocycles. The molecule has 0 aromatic carbocycles. The van der Waals surface area contributed by atoms with Gasteiger partial charge in [-0.15, -0.1) is 24.0 Å². The highest BCUT2D eigenvalue weighted by Gasteiger charge is 2.11. The quantitative estimate of drug-likeness (QED) is 0.450. The summed E-state index contributed by atoms with van der Waals surface area (Å²) in [4.78, 5) is 10.4. The van der Waals surface area contributed by atoms with Crippen molar-refractivity contribution in [2.75, 3.05) is 14.1 Å². The number of hydrogen-bond acceptors (Lipinski definition) is 4. The number of aromatic nitrogens is 3. The second-order valence-corrected chi connectivity index (χ2v) is 5.19. The van der Waals surface area contributed by atoms with E-state index in [1.165, 1.54) is 0 Å². The van der Waals surface area contributed by atoms with Crippen LogP contribution in [0.1, 0.15) is 17.4 Å². The number of aryl methyl sites for hydroxylation is 2. The lowest BCUT2D eigenvalue weighted by atomic mass is 10.4. The summed E-state index contributed by atoms with van der Waals surface area (Å²) < 4.78 is 7.05. The summed E-state index contributed by atoms with van der Waals surface area (Å²) in [7, 11) is 5.65. The molecule has 0 aliphatic heterocycles. The highest BCUT2D eigenvalue weighted by molar-refractivity contribution is 14.0. The van der Waals surface area contributed by atoms with Crippen LogP contribution in [0.3, 0.4) is 0 Å². The van der Waals surface area contributed by atoms with Crippen LogP contribution in [0.4, 0.5) is 0 Å². The van der Waals surface area contributed by atoms with E-state index in [-0.39, 0.29) is 24.0 Å². The van der Waals surface area contributed by atoms with Gasteiger partial charge in [0.05, 0.1) is 18.1 Å². The van der Waals surface area contributed by atoms with Gasteiger partial charge in [0.2, 0.25) is 5.89 Å². The summed E-state index contributed by atoms with van der Waals surface area (Å²) in [5.74, 6) is 1.89. The number of rotatable bonds is 4. The van der Waals surface area contributed by atoms with Gasteiger partial charge in [-0.1, -0.05) is 16.8 Å². The maximum Gasteiger partial charge on any atom is 0.246 e. The maximum absolute atomic E-state index is 5.99. The van der Waals surface area contributed by atoms with E-state index in [2.05, 4.69) is 20.4 Å². The summed E-state index contributed by atoms with van der Waals surface area (Å²) >= 11 is 5.99. The van der Waals surface area contributed by atoms with Gasteiger partial charge in [0.15, 0.2) is 11.8 Å². The van der Waals surface area contributed by atoms with Crippen molar-refractivity contribution in [1.29, 1.82) is 0 Å². The van der Waals surface area contributed by atoms with E-state index in [1.807, 2.05) is 35.8 Å². The van der Waals surface area contributed by atoms with Crippen molar-refractivity contribution in [3.05, 3.63) is 34.7 Å². The van der Waals surface area contributed by atoms with E-state index in [0.29, 0.717) is 24.8 Å². The predicted molar refractivity (Wildman–Crippen MR) is 96.5 cm³/mol. The van der Waals surface area contributed by atoms with Crippen molar-refractivity contribution in [3.63, 3.8) is 0 Å². The summed E-state index contributed by atoms with van der Waals surface area (Å²) in [5.41, 5.74) is 1.10. The highest BCUT2D eigenvalue weighted by Crippen LogP contribution is 2.14. The lowest BCUT2D eigenvalue weighted by molar-refractivity contribution is 0.367. The van der Waals surface area contributed by atoms with Crippen molar-refractivity contribution >= 4 is 41.5 Å². The van der Waals surface area contributed by atoms with Gasteiger partial charge in [0.1, 0.15) is 0 Å². The topological polar surface area (TPSA) is 71.5 Å². The van der Waals surface area contributed by atoms with Crippen LogP contribution in [0.15, 0.2) is 21.8 Å². The smallest absolute Gasteiger partial charge is 0.246 e. The first-order valence-corrected chi connectivity index (χ1v) is 6.89. The molecule has 0 amide bonds. The largest absolute Gasteiger partial charge is 0.351 e. The highest BCUT2D eigenvalue weighted by atomic mass is 127. The Morgan fingerprint density at radius 3 is 2.77 bits per heavy atom. The first-order chi connectivity index (χ1) is 9.99. The van der Waals surface area contributed by atoms with E-state index in [0.717, 1.165) is 16.7 Å². The van der Waals surface area contributed by atoms with Crippen LogP contribution in [0.2, 0.25) is 5.02 Å². The predicted octanol–water partition coefficient (Wildman–Crippen LogP) is 2.20. The van der Waals surface area contributed by atoms with Crippen molar-refractivity contribution in [2.45, 2.75) is 20.0 Å². The van der Waals surface area contributed by atoms with Gasteiger partial charge < -0.3 is 19.3 Å². The van der Waals surface area contributed by atoms with Crippen LogP contribution in [0, 0.1) is 6.92 Å². The third kappa shape index (κ3) is 4.87. The van der Waals surface area contributed by atoms with Crippen LogP contribution in [0.25, 0.3) is 0 Å². The SMILES string of the molecule is CN=C(NCc1nc(C)no1)N(C)Cc1cc(Cl)cn1C.I. The van der Waals surface area contributed by atoms with Gasteiger partial charge in [0, 0.05) is 33.0 Å². The van der Waals surface area contributed by atoms with E-state index >= 15 is 0 Å². The molecule has 22 heavy (non-hydrogen) atoms. The first-order valence-electron chi connectivity index (χ1n) is 6.51. The zero-order chi connectivity index (χ0) is 15.4. The summed E-state index contributed by atoms with van der Waals surface area (Å²) in [5, 5.41) is 7.66. The zero-order valence-electron chi connectivity index (χ0n) is 13.0. The number of halogens is 2. The lowest BCUT2D eigenvalue weighted by Gasteiger charge is -2.21. The molecule has 0 spiro atoms. The van der Waals surface area contributed by atoms with Crippen LogP contribution in [0.5, 0.6) is 0 Å². The van der Waals surface area contributed by atoms with E-state index < -0.39 is 0 Å². The molecule has 7 nitrogen and oxygen atoms in total. The molecule has 0 radical (unpaired) electrons. The molecular weight excluding hydrogens is 419 g/mol. The number of nitrogens with one attached hydrogen (secondary N) is 1. The molecule has 0 aliphatic carbocycles. The minimum absolute atomic E-state index is 0. The molecule has 2 heterocycles. The maximum atomic E-state index is 5.99. The minimum atomic E-state index is 0. The normalized spacial score (nSPS) is 11.2. The minimum Gasteiger partial charge on any atom is -0.351 e. The van der Waals surface area contributed by atoms with Crippen molar-refractivity contribution in [3.8, 4) is 0 Å². The van der Waals surface area contributed by atoms with E-state index in [9.17, 15) is 0 Å². The van der Waals surface area contributed by atoms with Gasteiger partial charge in [-0.2, -0.15) is 4.98 Å². The fraction of sp³-hybridized carbons (Fsp3) is 0.462. The molecule has 122 valence electrons. The average molecular weight is 439 g/mol. The number of nitrogens with zero attached hydrogens (tertiary/aromatic N) is 5. The van der Waals surface area contributed by atoms with Crippen LogP contribution in [-0.2, 0) is 20.1 Å². The third-order valence-electron chi connectivity index (χ3n) is 3.01. The molecule has 0 bridgehead atoms. The van der Waals surface area contributed by atoms with Gasteiger partial charge in [0.25, 0.3) is 0 Å². The van der Waals surface area contributed by atoms with E-state index in [1.54, 1.807) is 14.0 Å². The fourth-order valence-electron chi connectivity index (χ4n) is 1.99. The van der Waals surface area contributed by atoms with Crippen molar-refractivity contribution in [2.24, 2.45) is 12.0 Å². The zero-order valence-corrected chi connectivity index (χ0v) is 16.1. The Morgan fingerprint density at radius 2 is 2.27 bits per heavy atom. The van der Waals surface area contributed by atoms with Crippen LogP contribution in [-0.4, -0.2) is 39.7 Å². The molecule has 0 atom stereocenters. The fourth-order valence-corrected chi connectivity index (χ4v) is 2.26. The van der Waals surface area contributed by atoms with Crippen LogP contribution < -0.4 is 5.32 Å². The van der Waals surface area contributed by atoms with Crippen LogP contribution >= 0.6 is 35.6 Å². The molecule has 0 saturated carbocycles. The molecule has 0 unspecified atom stereocenters. The summed E-state index contributed by atoms with van der Waals surface area (Å²) in [6.07, 6.45) is 1.88. The third-order valence-corrected chi connectivity index (χ3v) is 3.22. The Balaban J connectivity index is 0.00000242. The lowest BCUT2D eigenvalue weighted by Crippen LogP contribution is -2.38. The average Bonchev–Trinajstić information content (AvgIpc) is 2.96. The summed E-state index contributed by atoms with van der Waals surface area (Å²) in [6, 6.07) is 1.94. The second kappa shape index (κ2) is 8.37. The standard InChI is InChI=1S/C13H19ClN6O.HI/c1-9-17-12(21-18-9)6-16-13(15-2)20(4)8-11-5-10(14)7-19(11)3;/h5,7H,6,8H2,1-4H3,(H,15,16);1H. The molecular formula is C13H20ClIN6O. The van der Waals surface area contributed by atoms with E-state index in [4.69, 9.17) is 16.1 Å². The molecule has 0 saturated heterocycles. The molecule has 2 rings (SSSR count). The monoisotopic (exact) mass is 438 g/mol. The Labute approximate surface area is 151 Å². The first kappa shape index (κ1) is 18.8. The van der Waals surface area contributed by atoms with Gasteiger partial charge in [-0.3, -0.25) is 4.99 Å². The van der Waals surface area contributed by atoms with Crippen molar-refractivity contribution in [1.82, 2.24) is 24.9 Å². The van der Waals surface area contributed by atoms with Gasteiger partial charge in [-0.25, -0.2) is 0 Å². The molecule has 0 fully saturated rings. The van der Waals surface area contributed by atoms with Gasteiger partial charge in [-0.05, 0) is 13.0 Å². The molecule has 0 aliphatic rings. The number of hydrogen-bond donors (Lipinski definition) is 1. The van der Waals surface area contributed by atoms with Crippen molar-refractivity contribution < 1.29 is 4.52 Å². The number of aliphatic imine (C=N–C) groups is 1. The second-order valence-electron chi connectivity index (χ2n) is 4.75. The Morgan fingerprint density at radius 1 is 1.55 bits per heavy atom. The summed E-state index contributed by atoms with van der Waals surface area (Å²) in [6.45, 7) is 2.91. The number of guanidine groups is 1.